The third kappa shape index (κ3) is 2.38. The molecule has 3 heterocycles. The summed E-state index contributed by atoms with van der Waals surface area (Å²) in [4.78, 5) is 13.9. The zero-order valence-electron chi connectivity index (χ0n) is 13.2. The molecule has 0 amide bonds. The average molecular weight is 353 g/mol. The number of anilines is 2. The monoisotopic (exact) mass is 352 g/mol. The van der Waals surface area contributed by atoms with E-state index in [-0.39, 0.29) is 11.3 Å². The van der Waals surface area contributed by atoms with Crippen LogP contribution in [0.1, 0.15) is 31.2 Å². The van der Waals surface area contributed by atoms with Crippen LogP contribution in [0, 0.1) is 0 Å². The summed E-state index contributed by atoms with van der Waals surface area (Å²) in [5.41, 5.74) is 1.98. The normalized spacial score (nSPS) is 18.0. The van der Waals surface area contributed by atoms with Crippen LogP contribution < -0.4 is 9.64 Å². The first-order valence-corrected chi connectivity index (χ1v) is 7.95. The molecule has 8 heteroatoms. The lowest BCUT2D eigenvalue weighted by Crippen LogP contribution is -2.22. The van der Waals surface area contributed by atoms with Gasteiger partial charge in [0.1, 0.15) is 11.0 Å². The molecule has 0 N–H and O–H groups in total. The highest BCUT2D eigenvalue weighted by Gasteiger charge is 2.52. The van der Waals surface area contributed by atoms with Gasteiger partial charge in [-0.3, -0.25) is 0 Å². The summed E-state index contributed by atoms with van der Waals surface area (Å²) in [6, 6.07) is 3.32. The SMILES string of the molecule is COc1cc(N2CC3(CC3)c3cnc(Cl)cc32)nc(C(C)(F)F)n1. The van der Waals surface area contributed by atoms with Crippen molar-refractivity contribution in [1.29, 1.82) is 0 Å². The van der Waals surface area contributed by atoms with E-state index in [9.17, 15) is 8.78 Å². The summed E-state index contributed by atoms with van der Waals surface area (Å²) in [6.45, 7) is 1.44. The predicted molar refractivity (Wildman–Crippen MR) is 85.3 cm³/mol. The van der Waals surface area contributed by atoms with E-state index >= 15 is 0 Å². The van der Waals surface area contributed by atoms with Crippen LogP contribution in [-0.2, 0) is 11.3 Å². The fraction of sp³-hybridized carbons (Fsp3) is 0.438. The topological polar surface area (TPSA) is 51.1 Å². The molecule has 0 radical (unpaired) electrons. The Labute approximate surface area is 142 Å². The van der Waals surface area contributed by atoms with E-state index < -0.39 is 11.7 Å². The Bertz CT molecular complexity index is 820. The van der Waals surface area contributed by atoms with Gasteiger partial charge in [0.25, 0.3) is 0 Å². The van der Waals surface area contributed by atoms with Crippen LogP contribution in [0.4, 0.5) is 20.3 Å². The van der Waals surface area contributed by atoms with Gasteiger partial charge in [-0.05, 0) is 18.9 Å². The Morgan fingerprint density at radius 3 is 2.67 bits per heavy atom. The Balaban J connectivity index is 1.84. The number of aromatic nitrogens is 3. The molecule has 1 aliphatic heterocycles. The van der Waals surface area contributed by atoms with Crippen LogP contribution >= 0.6 is 11.6 Å². The molecular formula is C16H15ClF2N4O. The number of methoxy groups -OCH3 is 1. The molecule has 4 rings (SSSR count). The smallest absolute Gasteiger partial charge is 0.304 e. The van der Waals surface area contributed by atoms with E-state index in [2.05, 4.69) is 15.0 Å². The van der Waals surface area contributed by atoms with Crippen molar-refractivity contribution in [2.45, 2.75) is 31.1 Å². The minimum atomic E-state index is -3.15. The standard InChI is InChI=1S/C16H15ClF2N4O/c1-15(18,19)14-21-12(6-13(22-14)24-2)23-8-16(3-4-16)9-7-20-11(17)5-10(9)23/h5-7H,3-4,8H2,1-2H3. The number of ether oxygens (including phenoxy) is 1. The van der Waals surface area contributed by atoms with Gasteiger partial charge in [0.15, 0.2) is 0 Å². The van der Waals surface area contributed by atoms with Crippen LogP contribution in [0.25, 0.3) is 0 Å². The maximum Gasteiger partial charge on any atom is 0.304 e. The molecule has 1 spiro atoms. The summed E-state index contributed by atoms with van der Waals surface area (Å²) in [5, 5.41) is 0.360. The number of hydrogen-bond donors (Lipinski definition) is 0. The van der Waals surface area contributed by atoms with E-state index in [0.717, 1.165) is 31.0 Å². The molecule has 1 saturated carbocycles. The molecule has 5 nitrogen and oxygen atoms in total. The van der Waals surface area contributed by atoms with E-state index in [1.54, 1.807) is 18.3 Å². The number of rotatable bonds is 3. The molecule has 2 aromatic heterocycles. The average Bonchev–Trinajstić information content (AvgIpc) is 3.24. The number of hydrogen-bond acceptors (Lipinski definition) is 5. The fourth-order valence-electron chi connectivity index (χ4n) is 3.16. The van der Waals surface area contributed by atoms with Crippen LogP contribution in [0.15, 0.2) is 18.3 Å². The number of alkyl halides is 2. The van der Waals surface area contributed by atoms with Gasteiger partial charge in [0, 0.05) is 36.7 Å². The summed E-state index contributed by atoms with van der Waals surface area (Å²) in [5.74, 6) is -3.23. The molecule has 0 aromatic carbocycles. The van der Waals surface area contributed by atoms with Crippen LogP contribution in [-0.4, -0.2) is 28.6 Å². The van der Waals surface area contributed by atoms with Crippen molar-refractivity contribution in [3.63, 3.8) is 0 Å². The number of nitrogens with zero attached hydrogens (tertiary/aromatic N) is 4. The maximum atomic E-state index is 13.7. The maximum absolute atomic E-state index is 13.7. The number of fused-ring (bicyclic) bond motifs is 2. The zero-order chi connectivity index (χ0) is 17.1. The second-order valence-corrected chi connectivity index (χ2v) is 6.76. The minimum Gasteiger partial charge on any atom is -0.481 e. The minimum absolute atomic E-state index is 0.0278. The third-order valence-electron chi connectivity index (χ3n) is 4.59. The van der Waals surface area contributed by atoms with E-state index in [0.29, 0.717) is 17.5 Å². The van der Waals surface area contributed by atoms with Gasteiger partial charge in [-0.1, -0.05) is 11.6 Å². The zero-order valence-corrected chi connectivity index (χ0v) is 13.9. The molecule has 2 aromatic rings. The van der Waals surface area contributed by atoms with Crippen molar-refractivity contribution < 1.29 is 13.5 Å². The molecule has 2 aliphatic rings. The Hall–Kier alpha value is -2.02. The van der Waals surface area contributed by atoms with Gasteiger partial charge in [-0.15, -0.1) is 0 Å². The van der Waals surface area contributed by atoms with Crippen molar-refractivity contribution in [1.82, 2.24) is 15.0 Å². The highest BCUT2D eigenvalue weighted by molar-refractivity contribution is 6.29. The Morgan fingerprint density at radius 2 is 2.04 bits per heavy atom. The molecule has 24 heavy (non-hydrogen) atoms. The van der Waals surface area contributed by atoms with Crippen LogP contribution in [0.2, 0.25) is 5.15 Å². The molecular weight excluding hydrogens is 338 g/mol. The highest BCUT2D eigenvalue weighted by Crippen LogP contribution is 2.58. The summed E-state index contributed by atoms with van der Waals surface area (Å²) in [6.07, 6.45) is 3.86. The third-order valence-corrected chi connectivity index (χ3v) is 4.80. The lowest BCUT2D eigenvalue weighted by atomic mass is 10.0. The summed E-state index contributed by atoms with van der Waals surface area (Å²) in [7, 11) is 1.39. The first kappa shape index (κ1) is 15.5. The Kier molecular flexibility index (Phi) is 3.22. The van der Waals surface area contributed by atoms with E-state index in [1.165, 1.54) is 7.11 Å². The first-order chi connectivity index (χ1) is 11.3. The second-order valence-electron chi connectivity index (χ2n) is 6.37. The van der Waals surface area contributed by atoms with E-state index in [4.69, 9.17) is 16.3 Å². The lowest BCUT2D eigenvalue weighted by Gasteiger charge is -2.21. The van der Waals surface area contributed by atoms with Crippen LogP contribution in [0.5, 0.6) is 5.88 Å². The molecule has 0 saturated heterocycles. The van der Waals surface area contributed by atoms with Gasteiger partial charge in [-0.2, -0.15) is 13.8 Å². The fourth-order valence-corrected chi connectivity index (χ4v) is 3.31. The molecule has 126 valence electrons. The van der Waals surface area contributed by atoms with Crippen molar-refractivity contribution >= 4 is 23.1 Å². The van der Waals surface area contributed by atoms with Crippen molar-refractivity contribution in [2.75, 3.05) is 18.6 Å². The van der Waals surface area contributed by atoms with Crippen LogP contribution in [0.3, 0.4) is 0 Å². The van der Waals surface area contributed by atoms with Gasteiger partial charge < -0.3 is 9.64 Å². The highest BCUT2D eigenvalue weighted by atomic mass is 35.5. The molecule has 0 bridgehead atoms. The van der Waals surface area contributed by atoms with Gasteiger partial charge >= 0.3 is 5.92 Å². The van der Waals surface area contributed by atoms with Crippen molar-refractivity contribution in [3.8, 4) is 5.88 Å². The predicted octanol–water partition coefficient (Wildman–Crippen LogP) is 3.83. The molecule has 0 atom stereocenters. The largest absolute Gasteiger partial charge is 0.481 e. The second kappa shape index (κ2) is 4.99. The van der Waals surface area contributed by atoms with Gasteiger partial charge in [0.05, 0.1) is 12.8 Å². The molecule has 0 unspecified atom stereocenters. The van der Waals surface area contributed by atoms with E-state index in [1.807, 2.05) is 4.90 Å². The van der Waals surface area contributed by atoms with Gasteiger partial charge in [0.2, 0.25) is 11.7 Å². The molecule has 1 fully saturated rings. The summed E-state index contributed by atoms with van der Waals surface area (Å²) >= 11 is 6.04. The number of halogens is 3. The van der Waals surface area contributed by atoms with Crippen molar-refractivity contribution in [2.24, 2.45) is 0 Å². The first-order valence-electron chi connectivity index (χ1n) is 7.57. The summed E-state index contributed by atoms with van der Waals surface area (Å²) < 4.78 is 32.5. The number of pyridine rings is 1. The molecule has 1 aliphatic carbocycles. The van der Waals surface area contributed by atoms with Crippen molar-refractivity contribution in [3.05, 3.63) is 34.9 Å². The quantitative estimate of drug-likeness (QED) is 0.786. The van der Waals surface area contributed by atoms with Gasteiger partial charge in [-0.25, -0.2) is 9.97 Å². The lowest BCUT2D eigenvalue weighted by molar-refractivity contribution is 0.00721. The Morgan fingerprint density at radius 1 is 1.29 bits per heavy atom.